The van der Waals surface area contributed by atoms with Crippen LogP contribution in [0.4, 0.5) is 0 Å². The Hall–Kier alpha value is 0.419. The second-order valence-corrected chi connectivity index (χ2v) is 17.6. The van der Waals surface area contributed by atoms with Gasteiger partial charge in [0.05, 0.1) is 0 Å². The summed E-state index contributed by atoms with van der Waals surface area (Å²) in [6.45, 7) is 0. The van der Waals surface area contributed by atoms with Gasteiger partial charge in [0.1, 0.15) is 0 Å². The minimum absolute atomic E-state index is 0.606. The normalized spacial score (nSPS) is 27.8. The summed E-state index contributed by atoms with van der Waals surface area (Å²) >= 11 is 4.03. The molecule has 4 heteroatoms. The molecule has 4 aliphatic rings. The van der Waals surface area contributed by atoms with Crippen LogP contribution in [0.3, 0.4) is 0 Å². The van der Waals surface area contributed by atoms with Gasteiger partial charge in [-0.25, -0.2) is 0 Å². The number of hydrogen-bond donors (Lipinski definition) is 1. The molecule has 0 aliphatic heterocycles. The van der Waals surface area contributed by atoms with Crippen molar-refractivity contribution in [1.29, 1.82) is 0 Å². The summed E-state index contributed by atoms with van der Waals surface area (Å²) in [5.74, 6) is 0. The van der Waals surface area contributed by atoms with E-state index in [0.29, 0.717) is 12.1 Å². The van der Waals surface area contributed by atoms with Crippen molar-refractivity contribution >= 4 is 26.2 Å². The van der Waals surface area contributed by atoms with Gasteiger partial charge in [-0.15, -0.1) is 0 Å². The monoisotopic (exact) mass is 484 g/mol. The predicted octanol–water partition coefficient (Wildman–Crippen LogP) is 7.36. The summed E-state index contributed by atoms with van der Waals surface area (Å²) in [7, 11) is 0. The molecule has 0 atom stereocenters. The zero-order valence-electron chi connectivity index (χ0n) is 18.8. The Morgan fingerprint density at radius 2 is 1.00 bits per heavy atom. The molecule has 0 amide bonds. The van der Waals surface area contributed by atoms with Crippen molar-refractivity contribution in [3.8, 4) is 0 Å². The predicted molar refractivity (Wildman–Crippen MR) is 131 cm³/mol. The molecule has 1 N–H and O–H groups in total. The number of aliphatic imine (C=N–C) groups is 1. The van der Waals surface area contributed by atoms with Crippen LogP contribution in [0.2, 0.25) is 0 Å². The van der Waals surface area contributed by atoms with Crippen molar-refractivity contribution in [2.45, 2.75) is 152 Å². The molecule has 0 aromatic carbocycles. The van der Waals surface area contributed by atoms with Crippen LogP contribution in [0.1, 0.15) is 128 Å². The third-order valence-corrected chi connectivity index (χ3v) is 17.3. The van der Waals surface area contributed by atoms with E-state index in [9.17, 15) is 0 Å². The van der Waals surface area contributed by atoms with Crippen LogP contribution in [0.15, 0.2) is 4.99 Å². The van der Waals surface area contributed by atoms with E-state index in [1.807, 2.05) is 0 Å². The van der Waals surface area contributed by atoms with Crippen molar-refractivity contribution in [2.24, 2.45) is 4.99 Å². The molecule has 2 nitrogen and oxygen atoms in total. The van der Waals surface area contributed by atoms with Crippen molar-refractivity contribution in [1.82, 2.24) is 5.32 Å². The second kappa shape index (κ2) is 11.3. The van der Waals surface area contributed by atoms with Crippen LogP contribution < -0.4 is 5.32 Å². The SMILES string of the molecule is [Se]=P(C(=NC1CCCCC1)NC1CCCCC1)(C1CCCCC1)C1CCCCC1. The fourth-order valence-electron chi connectivity index (χ4n) is 6.61. The number of rotatable bonds is 5. The summed E-state index contributed by atoms with van der Waals surface area (Å²) in [5, 5.41) is 4.21. The minimum atomic E-state index is -1.35. The first-order valence-corrected chi connectivity index (χ1v) is 17.4. The van der Waals surface area contributed by atoms with Crippen molar-refractivity contribution in [3.05, 3.63) is 0 Å². The molecular weight excluding hydrogens is 438 g/mol. The summed E-state index contributed by atoms with van der Waals surface area (Å²) < 4.78 is 0. The molecule has 0 unspecified atom stereocenters. The third-order valence-electron chi connectivity index (χ3n) is 8.38. The van der Waals surface area contributed by atoms with E-state index < -0.39 is 5.51 Å². The molecule has 4 fully saturated rings. The molecule has 0 saturated heterocycles. The van der Waals surface area contributed by atoms with Crippen LogP contribution in [0.25, 0.3) is 0 Å². The Bertz CT molecular complexity index is 543. The Balaban J connectivity index is 1.65. The summed E-state index contributed by atoms with van der Waals surface area (Å²) in [5.41, 5.74) is 2.03. The molecular formula is C25H45N2PSe. The second-order valence-electron chi connectivity index (χ2n) is 10.5. The molecule has 0 bridgehead atoms. The molecule has 4 aliphatic carbocycles. The maximum atomic E-state index is 5.68. The van der Waals surface area contributed by atoms with E-state index >= 15 is 0 Å². The van der Waals surface area contributed by atoms with Gasteiger partial charge in [-0.2, -0.15) is 0 Å². The number of nitrogens with one attached hydrogen (secondary N) is 1. The van der Waals surface area contributed by atoms with Crippen molar-refractivity contribution in [2.75, 3.05) is 0 Å². The van der Waals surface area contributed by atoms with Gasteiger partial charge in [-0.05, 0) is 0 Å². The molecule has 4 saturated carbocycles. The zero-order valence-corrected chi connectivity index (χ0v) is 21.4. The van der Waals surface area contributed by atoms with Gasteiger partial charge in [-0.3, -0.25) is 0 Å². The van der Waals surface area contributed by atoms with Gasteiger partial charge in [0.15, 0.2) is 0 Å². The van der Waals surface area contributed by atoms with Crippen LogP contribution in [0.5, 0.6) is 0 Å². The summed E-state index contributed by atoms with van der Waals surface area (Å²) in [4.78, 5) is 5.68. The first-order chi connectivity index (χ1) is 14.3. The van der Waals surface area contributed by atoms with Gasteiger partial charge < -0.3 is 0 Å². The van der Waals surface area contributed by atoms with Crippen molar-refractivity contribution < 1.29 is 0 Å². The van der Waals surface area contributed by atoms with E-state index in [0.717, 1.165) is 11.3 Å². The molecule has 4 rings (SSSR count). The summed E-state index contributed by atoms with van der Waals surface area (Å²) in [6.07, 6.45) is 28.6. The Morgan fingerprint density at radius 3 is 1.48 bits per heavy atom. The molecule has 29 heavy (non-hydrogen) atoms. The zero-order chi connectivity index (χ0) is 19.9. The van der Waals surface area contributed by atoms with Gasteiger partial charge in [0.2, 0.25) is 0 Å². The average Bonchev–Trinajstić information content (AvgIpc) is 2.81. The molecule has 0 aromatic heterocycles. The van der Waals surface area contributed by atoms with E-state index in [1.165, 1.54) is 128 Å². The standard InChI is InChI=1S/C25H45N2PSe/c29-28(23-17-9-3-10-18-23,24-19-11-4-12-20-24)25(26-21-13-5-1-6-14-21)27-22-15-7-2-8-16-22/h21-24H,1-20H2,(H,26,27). The van der Waals surface area contributed by atoms with Gasteiger partial charge in [-0.1, -0.05) is 0 Å². The Labute approximate surface area is 188 Å². The average molecular weight is 484 g/mol. The van der Waals surface area contributed by atoms with Gasteiger partial charge >= 0.3 is 188 Å². The van der Waals surface area contributed by atoms with E-state index in [4.69, 9.17) is 4.99 Å². The Kier molecular flexibility index (Phi) is 8.84. The van der Waals surface area contributed by atoms with E-state index in [-0.39, 0.29) is 0 Å². The van der Waals surface area contributed by atoms with Crippen LogP contribution in [0, 0.1) is 0 Å². The van der Waals surface area contributed by atoms with Gasteiger partial charge in [0.25, 0.3) is 0 Å². The first kappa shape index (κ1) is 22.6. The van der Waals surface area contributed by atoms with Crippen molar-refractivity contribution in [3.63, 3.8) is 0 Å². The quantitative estimate of drug-likeness (QED) is 0.188. The van der Waals surface area contributed by atoms with E-state index in [2.05, 4.69) is 20.4 Å². The fourth-order valence-corrected chi connectivity index (χ4v) is 14.2. The van der Waals surface area contributed by atoms with Gasteiger partial charge in [0, 0.05) is 0 Å². The summed E-state index contributed by atoms with van der Waals surface area (Å²) in [6, 6.07) is 1.31. The number of nitrogens with zero attached hydrogens (tertiary/aromatic N) is 1. The molecule has 0 aromatic rings. The van der Waals surface area contributed by atoms with Crippen LogP contribution in [-0.4, -0.2) is 44.1 Å². The molecule has 0 heterocycles. The fraction of sp³-hybridized carbons (Fsp3) is 0.960. The molecule has 166 valence electrons. The third kappa shape index (κ3) is 5.81. The molecule has 0 radical (unpaired) electrons. The molecule has 0 spiro atoms. The number of hydrogen-bond acceptors (Lipinski definition) is 1. The maximum absolute atomic E-state index is 5.68. The van der Waals surface area contributed by atoms with Crippen LogP contribution >= 0.6 is 5.51 Å². The first-order valence-electron chi connectivity index (χ1n) is 13.2. The van der Waals surface area contributed by atoms with Crippen LogP contribution in [-0.2, 0) is 0 Å². The number of amidine groups is 1. The Morgan fingerprint density at radius 1 is 0.586 bits per heavy atom. The van der Waals surface area contributed by atoms with E-state index in [1.54, 1.807) is 5.58 Å². The topological polar surface area (TPSA) is 24.4 Å².